The molecular weight excluding hydrogens is 292 g/mol. The van der Waals surface area contributed by atoms with Crippen LogP contribution in [0, 0.1) is 5.92 Å². The molecule has 1 heterocycles. The summed E-state index contributed by atoms with van der Waals surface area (Å²) in [5, 5.41) is 14.5. The van der Waals surface area contributed by atoms with E-state index in [0.29, 0.717) is 6.04 Å². The number of para-hydroxylation sites is 1. The molecular formula is C18H28N2OS. The van der Waals surface area contributed by atoms with Gasteiger partial charge in [-0.15, -0.1) is 0 Å². The summed E-state index contributed by atoms with van der Waals surface area (Å²) in [6.45, 7) is 6.86. The first kappa shape index (κ1) is 17.4. The molecule has 2 rings (SSSR count). The van der Waals surface area contributed by atoms with Crippen LogP contribution in [0.3, 0.4) is 0 Å². The van der Waals surface area contributed by atoms with Crippen LogP contribution in [0.2, 0.25) is 0 Å². The third-order valence-electron chi connectivity index (χ3n) is 3.70. The monoisotopic (exact) mass is 320 g/mol. The van der Waals surface area contributed by atoms with E-state index in [1.807, 2.05) is 17.8 Å². The van der Waals surface area contributed by atoms with Crippen LogP contribution in [-0.2, 0) is 6.42 Å². The first-order valence-electron chi connectivity index (χ1n) is 8.09. The third kappa shape index (κ3) is 5.04. The highest BCUT2D eigenvalue weighted by molar-refractivity contribution is 7.99. The lowest BCUT2D eigenvalue weighted by Gasteiger charge is -2.21. The van der Waals surface area contributed by atoms with Crippen molar-refractivity contribution in [2.24, 2.45) is 5.92 Å². The number of fused-ring (bicyclic) bond motifs is 1. The van der Waals surface area contributed by atoms with E-state index in [4.69, 9.17) is 0 Å². The van der Waals surface area contributed by atoms with Gasteiger partial charge in [-0.3, -0.25) is 0 Å². The molecule has 122 valence electrons. The van der Waals surface area contributed by atoms with Crippen molar-refractivity contribution in [2.75, 3.05) is 18.1 Å². The summed E-state index contributed by atoms with van der Waals surface area (Å²) in [4.78, 5) is 3.30. The second-order valence-electron chi connectivity index (χ2n) is 6.44. The SMILES string of the molecule is CC(C)CSC[C@H](C)N[C@@H](CO)Cc1c[nH]c2ccccc12. The molecule has 0 fully saturated rings. The first-order chi connectivity index (χ1) is 10.6. The lowest BCUT2D eigenvalue weighted by molar-refractivity contribution is 0.235. The maximum atomic E-state index is 9.68. The van der Waals surface area contributed by atoms with E-state index in [1.165, 1.54) is 16.7 Å². The zero-order valence-corrected chi connectivity index (χ0v) is 14.6. The molecule has 1 aromatic heterocycles. The molecule has 2 aromatic rings. The summed E-state index contributed by atoms with van der Waals surface area (Å²) in [7, 11) is 0. The highest BCUT2D eigenvalue weighted by Crippen LogP contribution is 2.19. The van der Waals surface area contributed by atoms with Crippen molar-refractivity contribution in [1.29, 1.82) is 0 Å². The maximum Gasteiger partial charge on any atom is 0.0587 e. The van der Waals surface area contributed by atoms with Crippen molar-refractivity contribution in [3.63, 3.8) is 0 Å². The van der Waals surface area contributed by atoms with Crippen molar-refractivity contribution >= 4 is 22.7 Å². The van der Waals surface area contributed by atoms with Gasteiger partial charge in [0.05, 0.1) is 6.61 Å². The van der Waals surface area contributed by atoms with Gasteiger partial charge in [0.25, 0.3) is 0 Å². The molecule has 1 aromatic carbocycles. The molecule has 3 nitrogen and oxygen atoms in total. The number of hydrogen-bond donors (Lipinski definition) is 3. The molecule has 3 N–H and O–H groups in total. The Labute approximate surface area is 137 Å². The van der Waals surface area contributed by atoms with Gasteiger partial charge in [-0.25, -0.2) is 0 Å². The van der Waals surface area contributed by atoms with Gasteiger partial charge in [-0.05, 0) is 36.6 Å². The van der Waals surface area contributed by atoms with Crippen molar-refractivity contribution in [1.82, 2.24) is 10.3 Å². The molecule has 4 heteroatoms. The Bertz CT molecular complexity index is 567. The molecule has 0 amide bonds. The lowest BCUT2D eigenvalue weighted by Crippen LogP contribution is -2.41. The van der Waals surface area contributed by atoms with Crippen LogP contribution in [-0.4, -0.2) is 40.3 Å². The average Bonchev–Trinajstić information content (AvgIpc) is 2.89. The third-order valence-corrected chi connectivity index (χ3v) is 5.34. The molecule has 0 bridgehead atoms. The zero-order chi connectivity index (χ0) is 15.9. The minimum atomic E-state index is 0.105. The quantitative estimate of drug-likeness (QED) is 0.663. The molecule has 0 spiro atoms. The second-order valence-corrected chi connectivity index (χ2v) is 7.52. The van der Waals surface area contributed by atoms with E-state index in [0.717, 1.165) is 23.6 Å². The van der Waals surface area contributed by atoms with Gasteiger partial charge < -0.3 is 15.4 Å². The zero-order valence-electron chi connectivity index (χ0n) is 13.8. The summed E-state index contributed by atoms with van der Waals surface area (Å²) in [6.07, 6.45) is 2.91. The van der Waals surface area contributed by atoms with E-state index in [9.17, 15) is 5.11 Å². The Kier molecular flexibility index (Phi) is 6.80. The molecule has 0 saturated carbocycles. The van der Waals surface area contributed by atoms with Gasteiger partial charge in [0.15, 0.2) is 0 Å². The van der Waals surface area contributed by atoms with E-state index in [1.54, 1.807) is 0 Å². The number of aromatic nitrogens is 1. The Morgan fingerprint density at radius 2 is 1.95 bits per heavy atom. The topological polar surface area (TPSA) is 48.0 Å². The number of hydrogen-bond acceptors (Lipinski definition) is 3. The Morgan fingerprint density at radius 3 is 2.68 bits per heavy atom. The van der Waals surface area contributed by atoms with E-state index in [2.05, 4.69) is 55.5 Å². The second kappa shape index (κ2) is 8.61. The Balaban J connectivity index is 1.89. The first-order valence-corrected chi connectivity index (χ1v) is 9.25. The minimum Gasteiger partial charge on any atom is -0.395 e. The largest absolute Gasteiger partial charge is 0.395 e. The van der Waals surface area contributed by atoms with Crippen molar-refractivity contribution in [3.05, 3.63) is 36.0 Å². The Hall–Kier alpha value is -0.970. The normalized spacial score (nSPS) is 14.6. The van der Waals surface area contributed by atoms with Gasteiger partial charge in [0.1, 0.15) is 0 Å². The summed E-state index contributed by atoms with van der Waals surface area (Å²) in [6, 6.07) is 8.84. The van der Waals surface area contributed by atoms with Gasteiger partial charge in [-0.1, -0.05) is 32.0 Å². The lowest BCUT2D eigenvalue weighted by atomic mass is 10.0. The van der Waals surface area contributed by atoms with Crippen molar-refractivity contribution < 1.29 is 5.11 Å². The molecule has 2 atom stereocenters. The standard InChI is InChI=1S/C18H28N2OS/c1-13(2)11-22-12-14(3)20-16(10-21)8-15-9-19-18-7-5-4-6-17(15)18/h4-7,9,13-14,16,19-21H,8,10-12H2,1-3H3/t14-,16+/m0/s1. The van der Waals surface area contributed by atoms with Crippen LogP contribution >= 0.6 is 11.8 Å². The van der Waals surface area contributed by atoms with Gasteiger partial charge >= 0.3 is 0 Å². The van der Waals surface area contributed by atoms with Gasteiger partial charge in [0.2, 0.25) is 0 Å². The van der Waals surface area contributed by atoms with Crippen LogP contribution in [0.25, 0.3) is 10.9 Å². The average molecular weight is 321 g/mol. The van der Waals surface area contributed by atoms with Crippen LogP contribution < -0.4 is 5.32 Å². The number of aromatic amines is 1. The van der Waals surface area contributed by atoms with Gasteiger partial charge in [-0.2, -0.15) is 11.8 Å². The highest BCUT2D eigenvalue weighted by atomic mass is 32.2. The number of H-pyrrole nitrogens is 1. The molecule has 0 aliphatic carbocycles. The predicted octanol–water partition coefficient (Wildman–Crippen LogP) is 3.44. The van der Waals surface area contributed by atoms with E-state index in [-0.39, 0.29) is 12.6 Å². The fourth-order valence-electron chi connectivity index (χ4n) is 2.67. The van der Waals surface area contributed by atoms with Crippen LogP contribution in [0.5, 0.6) is 0 Å². The van der Waals surface area contributed by atoms with Crippen LogP contribution in [0.15, 0.2) is 30.5 Å². The fourth-order valence-corrected chi connectivity index (χ4v) is 3.73. The van der Waals surface area contributed by atoms with Crippen molar-refractivity contribution in [3.8, 4) is 0 Å². The molecule has 0 radical (unpaired) electrons. The smallest absolute Gasteiger partial charge is 0.0587 e. The van der Waals surface area contributed by atoms with E-state index >= 15 is 0 Å². The number of aliphatic hydroxyl groups excluding tert-OH is 1. The van der Waals surface area contributed by atoms with E-state index < -0.39 is 0 Å². The maximum absolute atomic E-state index is 9.68. The van der Waals surface area contributed by atoms with Crippen LogP contribution in [0.4, 0.5) is 0 Å². The number of aliphatic hydroxyl groups is 1. The molecule has 0 saturated heterocycles. The summed E-state index contributed by atoms with van der Waals surface area (Å²) in [5.41, 5.74) is 2.43. The van der Waals surface area contributed by atoms with Gasteiger partial charge in [0, 0.05) is 34.9 Å². The molecule has 0 unspecified atom stereocenters. The molecule has 22 heavy (non-hydrogen) atoms. The summed E-state index contributed by atoms with van der Waals surface area (Å²) < 4.78 is 0. The number of thioether (sulfide) groups is 1. The summed E-state index contributed by atoms with van der Waals surface area (Å²) >= 11 is 1.98. The number of rotatable bonds is 9. The molecule has 0 aliphatic heterocycles. The minimum absolute atomic E-state index is 0.105. The molecule has 0 aliphatic rings. The van der Waals surface area contributed by atoms with Crippen molar-refractivity contribution in [2.45, 2.75) is 39.3 Å². The van der Waals surface area contributed by atoms with Crippen LogP contribution in [0.1, 0.15) is 26.3 Å². The summed E-state index contributed by atoms with van der Waals surface area (Å²) in [5.74, 6) is 3.01. The predicted molar refractivity (Wildman–Crippen MR) is 97.6 cm³/mol. The fraction of sp³-hybridized carbons (Fsp3) is 0.556. The highest BCUT2D eigenvalue weighted by Gasteiger charge is 2.14. The Morgan fingerprint density at radius 1 is 1.18 bits per heavy atom. The number of nitrogens with one attached hydrogen (secondary N) is 2. The number of benzene rings is 1.